The molecule has 2 aromatic rings. The Morgan fingerprint density at radius 2 is 1.79 bits per heavy atom. The number of piperazine rings is 1. The van der Waals surface area contributed by atoms with E-state index in [1.807, 2.05) is 70.4 Å². The Morgan fingerprint density at radius 1 is 1.07 bits per heavy atom. The summed E-state index contributed by atoms with van der Waals surface area (Å²) >= 11 is 1.46. The fourth-order valence-corrected chi connectivity index (χ4v) is 4.01. The van der Waals surface area contributed by atoms with Gasteiger partial charge in [0.1, 0.15) is 5.75 Å². The lowest BCUT2D eigenvalue weighted by atomic mass is 10.2. The number of likely N-dealkylation sites (N-methyl/N-ethyl adjacent to an activating group) is 1. The zero-order valence-corrected chi connectivity index (χ0v) is 17.3. The van der Waals surface area contributed by atoms with Gasteiger partial charge in [-0.2, -0.15) is 0 Å². The highest BCUT2D eigenvalue weighted by atomic mass is 32.1. The lowest BCUT2D eigenvalue weighted by molar-refractivity contribution is -0.133. The van der Waals surface area contributed by atoms with Crippen molar-refractivity contribution in [1.82, 2.24) is 14.7 Å². The molecule has 0 N–H and O–H groups in total. The first-order chi connectivity index (χ1) is 13.6. The Balaban J connectivity index is 1.48. The molecule has 2 amide bonds. The van der Waals surface area contributed by atoms with Crippen LogP contribution in [0.15, 0.2) is 41.8 Å². The summed E-state index contributed by atoms with van der Waals surface area (Å²) in [6.07, 6.45) is 0. The van der Waals surface area contributed by atoms with Crippen LogP contribution in [0.2, 0.25) is 0 Å². The molecule has 1 fully saturated rings. The molecule has 0 spiro atoms. The molecule has 1 aliphatic heterocycles. The van der Waals surface area contributed by atoms with Crippen LogP contribution in [0.3, 0.4) is 0 Å². The summed E-state index contributed by atoms with van der Waals surface area (Å²) in [6.45, 7) is 5.91. The molecule has 0 unspecified atom stereocenters. The Morgan fingerprint density at radius 3 is 2.46 bits per heavy atom. The monoisotopic (exact) mass is 401 g/mol. The topological polar surface area (TPSA) is 53.1 Å². The van der Waals surface area contributed by atoms with Gasteiger partial charge < -0.3 is 14.5 Å². The van der Waals surface area contributed by atoms with E-state index in [0.29, 0.717) is 45.9 Å². The molecular weight excluding hydrogens is 374 g/mol. The third-order valence-corrected chi connectivity index (χ3v) is 5.63. The van der Waals surface area contributed by atoms with E-state index in [4.69, 9.17) is 4.74 Å². The summed E-state index contributed by atoms with van der Waals surface area (Å²) < 4.78 is 5.67. The van der Waals surface area contributed by atoms with Crippen molar-refractivity contribution in [3.63, 3.8) is 0 Å². The average Bonchev–Trinajstić information content (AvgIpc) is 3.24. The number of hydrogen-bond donors (Lipinski definition) is 0. The van der Waals surface area contributed by atoms with Gasteiger partial charge in [0.15, 0.2) is 0 Å². The Bertz CT molecular complexity index is 786. The van der Waals surface area contributed by atoms with E-state index in [9.17, 15) is 9.59 Å². The zero-order chi connectivity index (χ0) is 19.9. The van der Waals surface area contributed by atoms with E-state index in [2.05, 4.69) is 0 Å². The third-order valence-electron chi connectivity index (χ3n) is 4.77. The largest absolute Gasteiger partial charge is 0.494 e. The first kappa shape index (κ1) is 20.4. The number of carbonyl (C=O) groups is 2. The highest BCUT2D eigenvalue weighted by molar-refractivity contribution is 7.12. The van der Waals surface area contributed by atoms with Crippen LogP contribution in [-0.4, -0.2) is 72.9 Å². The van der Waals surface area contributed by atoms with Crippen molar-refractivity contribution in [2.24, 2.45) is 0 Å². The summed E-state index contributed by atoms with van der Waals surface area (Å²) in [5, 5.41) is 1.91. The van der Waals surface area contributed by atoms with Crippen molar-refractivity contribution in [2.45, 2.75) is 13.5 Å². The lowest BCUT2D eigenvalue weighted by Gasteiger charge is -2.35. The molecular formula is C21H27N3O3S. The molecule has 28 heavy (non-hydrogen) atoms. The second-order valence-electron chi connectivity index (χ2n) is 6.86. The zero-order valence-electron chi connectivity index (χ0n) is 16.5. The van der Waals surface area contributed by atoms with Crippen molar-refractivity contribution in [2.75, 3.05) is 46.4 Å². The smallest absolute Gasteiger partial charge is 0.264 e. The standard InChI is InChI=1S/C21H27N3O3S/c1-3-27-18-8-5-4-7-17(18)15-22(2)16-20(25)23-10-12-24(13-11-23)21(26)19-9-6-14-28-19/h4-9,14H,3,10-13,15-16H2,1-2H3. The molecule has 1 aromatic carbocycles. The molecule has 0 radical (unpaired) electrons. The highest BCUT2D eigenvalue weighted by Crippen LogP contribution is 2.19. The van der Waals surface area contributed by atoms with Crippen LogP contribution >= 0.6 is 11.3 Å². The fraction of sp³-hybridized carbons (Fsp3) is 0.429. The van der Waals surface area contributed by atoms with Crippen LogP contribution < -0.4 is 4.74 Å². The van der Waals surface area contributed by atoms with Crippen LogP contribution in [0.5, 0.6) is 5.75 Å². The molecule has 150 valence electrons. The maximum absolute atomic E-state index is 12.7. The van der Waals surface area contributed by atoms with Gasteiger partial charge >= 0.3 is 0 Å². The SMILES string of the molecule is CCOc1ccccc1CN(C)CC(=O)N1CCN(C(=O)c2cccs2)CC1. The second-order valence-corrected chi connectivity index (χ2v) is 7.81. The van der Waals surface area contributed by atoms with Crippen LogP contribution in [0.25, 0.3) is 0 Å². The van der Waals surface area contributed by atoms with Crippen LogP contribution in [0.4, 0.5) is 0 Å². The Hall–Kier alpha value is -2.38. The van der Waals surface area contributed by atoms with Crippen molar-refractivity contribution in [3.8, 4) is 5.75 Å². The van der Waals surface area contributed by atoms with Gasteiger partial charge in [0, 0.05) is 38.3 Å². The molecule has 0 saturated carbocycles. The predicted octanol–water partition coefficient (Wildman–Crippen LogP) is 2.56. The van der Waals surface area contributed by atoms with E-state index in [1.54, 1.807) is 0 Å². The molecule has 2 heterocycles. The number of ether oxygens (including phenoxy) is 1. The molecule has 6 nitrogen and oxygen atoms in total. The quantitative estimate of drug-likeness (QED) is 0.716. The van der Waals surface area contributed by atoms with E-state index < -0.39 is 0 Å². The number of thiophene rings is 1. The van der Waals surface area contributed by atoms with E-state index in [-0.39, 0.29) is 11.8 Å². The molecule has 7 heteroatoms. The fourth-order valence-electron chi connectivity index (χ4n) is 3.32. The maximum Gasteiger partial charge on any atom is 0.264 e. The van der Waals surface area contributed by atoms with Gasteiger partial charge in [-0.1, -0.05) is 24.3 Å². The Kier molecular flexibility index (Phi) is 7.06. The number of para-hydroxylation sites is 1. The second kappa shape index (κ2) is 9.71. The van der Waals surface area contributed by atoms with E-state index in [0.717, 1.165) is 16.2 Å². The van der Waals surface area contributed by atoms with Gasteiger partial charge in [0.25, 0.3) is 5.91 Å². The first-order valence-electron chi connectivity index (χ1n) is 9.58. The van der Waals surface area contributed by atoms with E-state index >= 15 is 0 Å². The number of amides is 2. The molecule has 1 saturated heterocycles. The normalized spacial score (nSPS) is 14.4. The van der Waals surface area contributed by atoms with Crippen LogP contribution in [-0.2, 0) is 11.3 Å². The van der Waals surface area contributed by atoms with Crippen LogP contribution in [0.1, 0.15) is 22.2 Å². The van der Waals surface area contributed by atoms with Gasteiger partial charge in [-0.25, -0.2) is 0 Å². The number of carbonyl (C=O) groups excluding carboxylic acids is 2. The number of benzene rings is 1. The minimum absolute atomic E-state index is 0.0618. The van der Waals surface area contributed by atoms with Crippen molar-refractivity contribution < 1.29 is 14.3 Å². The summed E-state index contributed by atoms with van der Waals surface area (Å²) in [4.78, 5) is 31.5. The molecule has 1 aromatic heterocycles. The van der Waals surface area contributed by atoms with Gasteiger partial charge in [-0.15, -0.1) is 11.3 Å². The molecule has 0 atom stereocenters. The minimum Gasteiger partial charge on any atom is -0.494 e. The number of hydrogen-bond acceptors (Lipinski definition) is 5. The van der Waals surface area contributed by atoms with Crippen molar-refractivity contribution in [3.05, 3.63) is 52.2 Å². The summed E-state index contributed by atoms with van der Waals surface area (Å²) in [6, 6.07) is 11.7. The van der Waals surface area contributed by atoms with Gasteiger partial charge in [-0.05, 0) is 31.5 Å². The highest BCUT2D eigenvalue weighted by Gasteiger charge is 2.25. The summed E-state index contributed by atoms with van der Waals surface area (Å²) in [7, 11) is 1.94. The van der Waals surface area contributed by atoms with Gasteiger partial charge in [0.05, 0.1) is 18.0 Å². The minimum atomic E-state index is 0.0618. The van der Waals surface area contributed by atoms with Gasteiger partial charge in [-0.3, -0.25) is 14.5 Å². The predicted molar refractivity (Wildman–Crippen MR) is 111 cm³/mol. The summed E-state index contributed by atoms with van der Waals surface area (Å²) in [5.41, 5.74) is 1.08. The molecule has 1 aliphatic rings. The average molecular weight is 402 g/mol. The van der Waals surface area contributed by atoms with E-state index in [1.165, 1.54) is 11.3 Å². The van der Waals surface area contributed by atoms with Crippen molar-refractivity contribution >= 4 is 23.2 Å². The lowest BCUT2D eigenvalue weighted by Crippen LogP contribution is -2.52. The molecule has 0 aliphatic carbocycles. The first-order valence-corrected chi connectivity index (χ1v) is 10.5. The Labute approximate surface area is 170 Å². The molecule has 3 rings (SSSR count). The van der Waals surface area contributed by atoms with Gasteiger partial charge in [0.2, 0.25) is 5.91 Å². The van der Waals surface area contributed by atoms with Crippen molar-refractivity contribution in [1.29, 1.82) is 0 Å². The number of rotatable bonds is 7. The number of nitrogens with zero attached hydrogens (tertiary/aromatic N) is 3. The third kappa shape index (κ3) is 5.11. The maximum atomic E-state index is 12.7. The molecule has 0 bridgehead atoms. The summed E-state index contributed by atoms with van der Waals surface area (Å²) in [5.74, 6) is 1.02. The van der Waals surface area contributed by atoms with Crippen LogP contribution in [0, 0.1) is 0 Å².